The van der Waals surface area contributed by atoms with Crippen molar-refractivity contribution >= 4 is 5.97 Å². The Bertz CT molecular complexity index is 680. The molecular weight excluding hydrogens is 254 g/mol. The van der Waals surface area contributed by atoms with Crippen LogP contribution in [-0.2, 0) is 12.8 Å². The van der Waals surface area contributed by atoms with Crippen LogP contribution < -0.4 is 0 Å². The molecule has 3 rings (SSSR count). The number of carbonyl (C=O) groups is 1. The van der Waals surface area contributed by atoms with Gasteiger partial charge in [-0.05, 0) is 31.4 Å². The van der Waals surface area contributed by atoms with E-state index in [0.717, 1.165) is 18.6 Å². The first-order chi connectivity index (χ1) is 9.08. The van der Waals surface area contributed by atoms with Gasteiger partial charge in [0.15, 0.2) is 11.5 Å². The van der Waals surface area contributed by atoms with E-state index in [9.17, 15) is 13.6 Å². The minimum absolute atomic E-state index is 0.0452. The molecule has 0 saturated carbocycles. The maximum absolute atomic E-state index is 13.8. The summed E-state index contributed by atoms with van der Waals surface area (Å²) in [6.07, 6.45) is 2.09. The molecule has 0 atom stereocenters. The summed E-state index contributed by atoms with van der Waals surface area (Å²) in [4.78, 5) is 11.1. The molecule has 0 fully saturated rings. The second-order valence-electron chi connectivity index (χ2n) is 4.44. The molecule has 1 aliphatic carbocycles. The molecule has 0 spiro atoms. The lowest BCUT2D eigenvalue weighted by molar-refractivity contribution is 0.0688. The summed E-state index contributed by atoms with van der Waals surface area (Å²) < 4.78 is 28.0. The minimum Gasteiger partial charge on any atom is -0.476 e. The molecule has 2 aromatic rings. The number of aromatic carboxylic acids is 1. The first-order valence-electron chi connectivity index (χ1n) is 5.87. The molecule has 0 bridgehead atoms. The molecule has 0 unspecified atom stereocenters. The van der Waals surface area contributed by atoms with Crippen molar-refractivity contribution in [2.24, 2.45) is 0 Å². The Labute approximate surface area is 107 Å². The predicted molar refractivity (Wildman–Crippen MR) is 62.5 cm³/mol. The van der Waals surface area contributed by atoms with Crippen LogP contribution in [0.1, 0.15) is 28.2 Å². The first-order valence-corrected chi connectivity index (χ1v) is 5.87. The highest BCUT2D eigenvalue weighted by Gasteiger charge is 2.27. The van der Waals surface area contributed by atoms with E-state index >= 15 is 0 Å². The van der Waals surface area contributed by atoms with Crippen LogP contribution in [0.4, 0.5) is 8.78 Å². The zero-order valence-electron chi connectivity index (χ0n) is 9.86. The third kappa shape index (κ3) is 1.80. The van der Waals surface area contributed by atoms with E-state index in [0.29, 0.717) is 24.1 Å². The van der Waals surface area contributed by atoms with Gasteiger partial charge in [-0.1, -0.05) is 0 Å². The van der Waals surface area contributed by atoms with Crippen molar-refractivity contribution in [3.63, 3.8) is 0 Å². The SMILES string of the molecule is O=C(O)c1nn(-c2ccc(F)cc2F)c2c1CCC2. The van der Waals surface area contributed by atoms with Gasteiger partial charge in [0.2, 0.25) is 0 Å². The van der Waals surface area contributed by atoms with E-state index in [1.54, 1.807) is 0 Å². The smallest absolute Gasteiger partial charge is 0.356 e. The molecule has 98 valence electrons. The second-order valence-corrected chi connectivity index (χ2v) is 4.44. The molecule has 1 aromatic heterocycles. The van der Waals surface area contributed by atoms with Crippen LogP contribution in [-0.4, -0.2) is 20.9 Å². The standard InChI is InChI=1S/C13H10F2N2O2/c14-7-4-5-11(9(15)6-7)17-10-3-1-2-8(10)12(16-17)13(18)19/h4-6H,1-3H2,(H,18,19). The van der Waals surface area contributed by atoms with Crippen molar-refractivity contribution in [1.29, 1.82) is 0 Å². The summed E-state index contributed by atoms with van der Waals surface area (Å²) in [5.41, 5.74) is 1.38. The van der Waals surface area contributed by atoms with Crippen LogP contribution in [0.5, 0.6) is 0 Å². The summed E-state index contributed by atoms with van der Waals surface area (Å²) in [5, 5.41) is 13.0. The quantitative estimate of drug-likeness (QED) is 0.905. The molecule has 19 heavy (non-hydrogen) atoms. The van der Waals surface area contributed by atoms with Crippen LogP contribution in [0.3, 0.4) is 0 Å². The number of halogens is 2. The maximum Gasteiger partial charge on any atom is 0.356 e. The van der Waals surface area contributed by atoms with Gasteiger partial charge in [-0.15, -0.1) is 0 Å². The van der Waals surface area contributed by atoms with E-state index in [1.807, 2.05) is 0 Å². The molecule has 0 saturated heterocycles. The summed E-state index contributed by atoms with van der Waals surface area (Å²) >= 11 is 0. The van der Waals surface area contributed by atoms with Gasteiger partial charge in [0.25, 0.3) is 0 Å². The summed E-state index contributed by atoms with van der Waals surface area (Å²) in [6, 6.07) is 3.16. The van der Waals surface area contributed by atoms with Crippen molar-refractivity contribution in [3.05, 3.63) is 46.8 Å². The molecular formula is C13H10F2N2O2. The first kappa shape index (κ1) is 11.8. The Morgan fingerprint density at radius 1 is 1.32 bits per heavy atom. The highest BCUT2D eigenvalue weighted by Crippen LogP contribution is 2.28. The Morgan fingerprint density at radius 2 is 2.11 bits per heavy atom. The van der Waals surface area contributed by atoms with Crippen molar-refractivity contribution in [3.8, 4) is 5.69 Å². The van der Waals surface area contributed by atoms with Crippen molar-refractivity contribution < 1.29 is 18.7 Å². The van der Waals surface area contributed by atoms with Crippen molar-refractivity contribution in [1.82, 2.24) is 9.78 Å². The molecule has 6 heteroatoms. The molecule has 1 heterocycles. The zero-order chi connectivity index (χ0) is 13.6. The third-order valence-electron chi connectivity index (χ3n) is 3.27. The van der Waals surface area contributed by atoms with Crippen molar-refractivity contribution in [2.75, 3.05) is 0 Å². The Balaban J connectivity index is 2.21. The summed E-state index contributed by atoms with van der Waals surface area (Å²) in [5.74, 6) is -2.56. The fourth-order valence-electron chi connectivity index (χ4n) is 2.46. The van der Waals surface area contributed by atoms with E-state index < -0.39 is 17.6 Å². The molecule has 4 nitrogen and oxygen atoms in total. The number of benzene rings is 1. The van der Waals surface area contributed by atoms with Gasteiger partial charge in [-0.25, -0.2) is 18.3 Å². The number of rotatable bonds is 2. The number of fused-ring (bicyclic) bond motifs is 1. The van der Waals surface area contributed by atoms with E-state index in [1.165, 1.54) is 10.7 Å². The fraction of sp³-hybridized carbons (Fsp3) is 0.231. The largest absolute Gasteiger partial charge is 0.476 e. The average molecular weight is 264 g/mol. The number of nitrogens with zero attached hydrogens (tertiary/aromatic N) is 2. The van der Waals surface area contributed by atoms with Gasteiger partial charge in [0.05, 0.1) is 0 Å². The van der Waals surface area contributed by atoms with Crippen LogP contribution >= 0.6 is 0 Å². The van der Waals surface area contributed by atoms with E-state index in [-0.39, 0.29) is 11.4 Å². The second kappa shape index (κ2) is 4.15. The minimum atomic E-state index is -1.13. The van der Waals surface area contributed by atoms with Gasteiger partial charge in [0.1, 0.15) is 11.5 Å². The van der Waals surface area contributed by atoms with E-state index in [2.05, 4.69) is 5.10 Å². The molecule has 1 N–H and O–H groups in total. The highest BCUT2D eigenvalue weighted by molar-refractivity contribution is 5.87. The zero-order valence-corrected chi connectivity index (χ0v) is 9.86. The number of hydrogen-bond donors (Lipinski definition) is 1. The molecule has 1 aromatic carbocycles. The van der Waals surface area contributed by atoms with Gasteiger partial charge in [-0.2, -0.15) is 5.10 Å². The predicted octanol–water partition coefficient (Wildman–Crippen LogP) is 2.34. The number of carboxylic acids is 1. The van der Waals surface area contributed by atoms with E-state index in [4.69, 9.17) is 5.11 Å². The van der Waals surface area contributed by atoms with Gasteiger partial charge >= 0.3 is 5.97 Å². The van der Waals surface area contributed by atoms with Crippen LogP contribution in [0, 0.1) is 11.6 Å². The topological polar surface area (TPSA) is 55.1 Å². The Morgan fingerprint density at radius 3 is 2.79 bits per heavy atom. The summed E-state index contributed by atoms with van der Waals surface area (Å²) in [7, 11) is 0. The van der Waals surface area contributed by atoms with Gasteiger partial charge in [-0.3, -0.25) is 0 Å². The van der Waals surface area contributed by atoms with Gasteiger partial charge in [0, 0.05) is 17.3 Å². The molecule has 0 amide bonds. The Hall–Kier alpha value is -2.24. The number of carboxylic acid groups (broad SMARTS) is 1. The van der Waals surface area contributed by atoms with Crippen LogP contribution in [0.15, 0.2) is 18.2 Å². The third-order valence-corrected chi connectivity index (χ3v) is 3.27. The molecule has 0 radical (unpaired) electrons. The van der Waals surface area contributed by atoms with Crippen LogP contribution in [0.25, 0.3) is 5.69 Å². The lowest BCUT2D eigenvalue weighted by atomic mass is 10.2. The lowest BCUT2D eigenvalue weighted by Crippen LogP contribution is -2.06. The summed E-state index contributed by atoms with van der Waals surface area (Å²) in [6.45, 7) is 0. The van der Waals surface area contributed by atoms with Gasteiger partial charge < -0.3 is 5.11 Å². The average Bonchev–Trinajstić information content (AvgIpc) is 2.90. The fourth-order valence-corrected chi connectivity index (χ4v) is 2.46. The maximum atomic E-state index is 13.8. The normalized spacial score (nSPS) is 13.6. The molecule has 0 aliphatic heterocycles. The van der Waals surface area contributed by atoms with Crippen molar-refractivity contribution in [2.45, 2.75) is 19.3 Å². The van der Waals surface area contributed by atoms with Crippen LogP contribution in [0.2, 0.25) is 0 Å². The highest BCUT2D eigenvalue weighted by atomic mass is 19.1. The number of aromatic nitrogens is 2. The molecule has 1 aliphatic rings. The lowest BCUT2D eigenvalue weighted by Gasteiger charge is -2.06. The number of hydrogen-bond acceptors (Lipinski definition) is 2. The monoisotopic (exact) mass is 264 g/mol. The Kier molecular flexibility index (Phi) is 2.58.